The smallest absolute Gasteiger partial charge is 0.339 e. The first-order valence-electron chi connectivity index (χ1n) is 6.43. The lowest BCUT2D eigenvalue weighted by Gasteiger charge is -2.33. The number of ether oxygens (including phenoxy) is 1. The van der Waals surface area contributed by atoms with Gasteiger partial charge in [-0.15, -0.1) is 0 Å². The molecule has 1 heterocycles. The molecule has 1 aliphatic rings. The number of carboxylic acid groups (broad SMARTS) is 1. The molecule has 104 valence electrons. The molecule has 1 saturated heterocycles. The van der Waals surface area contributed by atoms with Crippen LogP contribution in [0.5, 0.6) is 5.75 Å². The highest BCUT2D eigenvalue weighted by molar-refractivity contribution is 5.92. The van der Waals surface area contributed by atoms with Crippen LogP contribution in [0.15, 0.2) is 18.2 Å². The van der Waals surface area contributed by atoms with Gasteiger partial charge < -0.3 is 19.8 Å². The number of benzene rings is 1. The van der Waals surface area contributed by atoms with E-state index in [2.05, 4.69) is 4.90 Å². The van der Waals surface area contributed by atoms with Gasteiger partial charge in [0, 0.05) is 25.4 Å². The number of carbonyl (C=O) groups is 1. The maximum Gasteiger partial charge on any atom is 0.339 e. The molecule has 0 radical (unpaired) electrons. The van der Waals surface area contributed by atoms with Crippen molar-refractivity contribution in [3.63, 3.8) is 0 Å². The van der Waals surface area contributed by atoms with Crippen LogP contribution in [0.4, 0.5) is 5.69 Å². The fourth-order valence-corrected chi connectivity index (χ4v) is 2.51. The van der Waals surface area contributed by atoms with E-state index in [1.807, 2.05) is 6.07 Å². The first kappa shape index (κ1) is 13.7. The molecule has 19 heavy (non-hydrogen) atoms. The number of anilines is 1. The van der Waals surface area contributed by atoms with Crippen molar-refractivity contribution in [1.29, 1.82) is 0 Å². The summed E-state index contributed by atoms with van der Waals surface area (Å²) in [4.78, 5) is 13.3. The van der Waals surface area contributed by atoms with Crippen LogP contribution in [0, 0.1) is 5.92 Å². The van der Waals surface area contributed by atoms with Crippen molar-refractivity contribution < 1.29 is 19.7 Å². The summed E-state index contributed by atoms with van der Waals surface area (Å²) < 4.78 is 5.05. The zero-order chi connectivity index (χ0) is 13.8. The minimum Gasteiger partial charge on any atom is -0.496 e. The van der Waals surface area contributed by atoms with Crippen LogP contribution in [0.25, 0.3) is 0 Å². The van der Waals surface area contributed by atoms with E-state index in [1.165, 1.54) is 7.11 Å². The highest BCUT2D eigenvalue weighted by Crippen LogP contribution is 2.28. The van der Waals surface area contributed by atoms with Gasteiger partial charge in [-0.1, -0.05) is 0 Å². The van der Waals surface area contributed by atoms with Crippen molar-refractivity contribution in [3.05, 3.63) is 23.8 Å². The van der Waals surface area contributed by atoms with Crippen LogP contribution in [-0.2, 0) is 0 Å². The standard InChI is InChI=1S/C14H19NO4/c1-19-13-5-4-11(7-12(13)14(17)18)15-6-2-3-10(8-15)9-16/h4-5,7,10,16H,2-3,6,8-9H2,1H3,(H,17,18)/t10-/m0/s1. The third kappa shape index (κ3) is 2.98. The van der Waals surface area contributed by atoms with Gasteiger partial charge in [-0.2, -0.15) is 0 Å². The predicted octanol–water partition coefficient (Wildman–Crippen LogP) is 1.60. The van der Waals surface area contributed by atoms with Crippen LogP contribution >= 0.6 is 0 Å². The highest BCUT2D eigenvalue weighted by atomic mass is 16.5. The van der Waals surface area contributed by atoms with Gasteiger partial charge >= 0.3 is 5.97 Å². The van der Waals surface area contributed by atoms with Crippen LogP contribution in [0.2, 0.25) is 0 Å². The molecular weight excluding hydrogens is 246 g/mol. The highest BCUT2D eigenvalue weighted by Gasteiger charge is 2.21. The lowest BCUT2D eigenvalue weighted by Crippen LogP contribution is -2.36. The fourth-order valence-electron chi connectivity index (χ4n) is 2.51. The predicted molar refractivity (Wildman–Crippen MR) is 72.0 cm³/mol. The molecule has 2 rings (SSSR count). The Morgan fingerprint density at radius 2 is 2.32 bits per heavy atom. The molecule has 0 amide bonds. The Morgan fingerprint density at radius 3 is 2.95 bits per heavy atom. The van der Waals surface area contributed by atoms with Crippen molar-refractivity contribution in [1.82, 2.24) is 0 Å². The minimum absolute atomic E-state index is 0.172. The first-order valence-corrected chi connectivity index (χ1v) is 6.43. The molecule has 0 bridgehead atoms. The van der Waals surface area contributed by atoms with Crippen LogP contribution < -0.4 is 9.64 Å². The maximum absolute atomic E-state index is 11.2. The SMILES string of the molecule is COc1ccc(N2CCC[C@H](CO)C2)cc1C(=O)O. The van der Waals surface area contributed by atoms with Crippen molar-refractivity contribution in [2.45, 2.75) is 12.8 Å². The molecule has 0 aliphatic carbocycles. The second-order valence-corrected chi connectivity index (χ2v) is 4.83. The second kappa shape index (κ2) is 5.93. The van der Waals surface area contributed by atoms with E-state index in [9.17, 15) is 15.0 Å². The summed E-state index contributed by atoms with van der Waals surface area (Å²) in [5.74, 6) is -0.356. The Kier molecular flexibility index (Phi) is 4.27. The van der Waals surface area contributed by atoms with Crippen molar-refractivity contribution in [2.75, 3.05) is 31.7 Å². The lowest BCUT2D eigenvalue weighted by atomic mass is 9.98. The molecule has 1 atom stereocenters. The normalized spacial score (nSPS) is 19.3. The molecule has 0 aromatic heterocycles. The van der Waals surface area contributed by atoms with Gasteiger partial charge in [0.25, 0.3) is 0 Å². The molecular formula is C14H19NO4. The molecule has 1 fully saturated rings. The van der Waals surface area contributed by atoms with E-state index in [-0.39, 0.29) is 18.1 Å². The van der Waals surface area contributed by atoms with E-state index in [0.29, 0.717) is 5.75 Å². The Balaban J connectivity index is 2.25. The van der Waals surface area contributed by atoms with E-state index < -0.39 is 5.97 Å². The van der Waals surface area contributed by atoms with Crippen LogP contribution in [0.3, 0.4) is 0 Å². The van der Waals surface area contributed by atoms with Gasteiger partial charge in [0.1, 0.15) is 11.3 Å². The number of hydrogen-bond donors (Lipinski definition) is 2. The number of aliphatic hydroxyl groups is 1. The zero-order valence-corrected chi connectivity index (χ0v) is 11.0. The van der Waals surface area contributed by atoms with E-state index in [1.54, 1.807) is 12.1 Å². The van der Waals surface area contributed by atoms with Crippen molar-refractivity contribution in [3.8, 4) is 5.75 Å². The van der Waals surface area contributed by atoms with Gasteiger partial charge in [-0.3, -0.25) is 0 Å². The summed E-state index contributed by atoms with van der Waals surface area (Å²) >= 11 is 0. The number of aliphatic hydroxyl groups excluding tert-OH is 1. The van der Waals surface area contributed by atoms with E-state index in [4.69, 9.17) is 4.74 Å². The van der Waals surface area contributed by atoms with E-state index >= 15 is 0 Å². The molecule has 0 spiro atoms. The summed E-state index contributed by atoms with van der Waals surface area (Å²) in [6.07, 6.45) is 2.04. The number of aromatic carboxylic acids is 1. The molecule has 0 saturated carbocycles. The third-order valence-electron chi connectivity index (χ3n) is 3.56. The number of hydrogen-bond acceptors (Lipinski definition) is 4. The molecule has 1 aromatic carbocycles. The number of methoxy groups -OCH3 is 1. The largest absolute Gasteiger partial charge is 0.496 e. The maximum atomic E-state index is 11.2. The van der Waals surface area contributed by atoms with Gasteiger partial charge in [-0.25, -0.2) is 4.79 Å². The van der Waals surface area contributed by atoms with Crippen molar-refractivity contribution in [2.24, 2.45) is 5.92 Å². The molecule has 0 unspecified atom stereocenters. The topological polar surface area (TPSA) is 70.0 Å². The van der Waals surface area contributed by atoms with Gasteiger partial charge in [0.2, 0.25) is 0 Å². The van der Waals surface area contributed by atoms with Gasteiger partial charge in [0.05, 0.1) is 7.11 Å². The summed E-state index contributed by atoms with van der Waals surface area (Å²) in [5.41, 5.74) is 1.04. The zero-order valence-electron chi connectivity index (χ0n) is 11.0. The third-order valence-corrected chi connectivity index (χ3v) is 3.56. The fraction of sp³-hybridized carbons (Fsp3) is 0.500. The number of nitrogens with zero attached hydrogens (tertiary/aromatic N) is 1. The van der Waals surface area contributed by atoms with Gasteiger partial charge in [0.15, 0.2) is 0 Å². The van der Waals surface area contributed by atoms with Crippen molar-refractivity contribution >= 4 is 11.7 Å². The lowest BCUT2D eigenvalue weighted by molar-refractivity contribution is 0.0693. The monoisotopic (exact) mass is 265 g/mol. The van der Waals surface area contributed by atoms with E-state index in [0.717, 1.165) is 31.6 Å². The molecule has 1 aromatic rings. The number of piperidine rings is 1. The van der Waals surface area contributed by atoms with Crippen LogP contribution in [-0.4, -0.2) is 43.0 Å². The average molecular weight is 265 g/mol. The number of rotatable bonds is 4. The first-order chi connectivity index (χ1) is 9.15. The minimum atomic E-state index is -0.991. The Bertz CT molecular complexity index is 461. The Hall–Kier alpha value is -1.75. The van der Waals surface area contributed by atoms with Gasteiger partial charge in [-0.05, 0) is 37.0 Å². The second-order valence-electron chi connectivity index (χ2n) is 4.83. The number of carboxylic acids is 1. The molecule has 2 N–H and O–H groups in total. The summed E-state index contributed by atoms with van der Waals surface area (Å²) in [6.45, 7) is 1.84. The average Bonchev–Trinajstić information content (AvgIpc) is 2.46. The molecule has 5 heteroatoms. The summed E-state index contributed by atoms with van der Waals surface area (Å²) in [5, 5.41) is 18.4. The Labute approximate surface area is 112 Å². The summed E-state index contributed by atoms with van der Waals surface area (Å²) in [6, 6.07) is 5.19. The molecule has 5 nitrogen and oxygen atoms in total. The molecule has 1 aliphatic heterocycles. The summed E-state index contributed by atoms with van der Waals surface area (Å²) in [7, 11) is 1.46. The van der Waals surface area contributed by atoms with Crippen LogP contribution in [0.1, 0.15) is 23.2 Å². The quantitative estimate of drug-likeness (QED) is 0.865. The Morgan fingerprint density at radius 1 is 1.53 bits per heavy atom.